The van der Waals surface area contributed by atoms with Crippen molar-refractivity contribution in [1.82, 2.24) is 0 Å². The minimum Gasteiger partial charge on any atom is -0.507 e. The summed E-state index contributed by atoms with van der Waals surface area (Å²) in [6.45, 7) is 1.27. The van der Waals surface area contributed by atoms with Crippen LogP contribution in [0.1, 0.15) is 49.4 Å². The average Bonchev–Trinajstić information content (AvgIpc) is 2.38. The van der Waals surface area contributed by atoms with Crippen molar-refractivity contribution in [1.29, 1.82) is 0 Å². The predicted octanol–water partition coefficient (Wildman–Crippen LogP) is 2.68. The second-order valence-electron chi connectivity index (χ2n) is 4.48. The van der Waals surface area contributed by atoms with Crippen molar-refractivity contribution in [2.24, 2.45) is 0 Å². The van der Waals surface area contributed by atoms with Gasteiger partial charge in [0.2, 0.25) is 0 Å². The zero-order chi connectivity index (χ0) is 14.3. The van der Waals surface area contributed by atoms with Crippen LogP contribution in [-0.2, 0) is 9.59 Å². The summed E-state index contributed by atoms with van der Waals surface area (Å²) in [5, 5.41) is 9.51. The molecule has 4 nitrogen and oxygen atoms in total. The van der Waals surface area contributed by atoms with E-state index in [-0.39, 0.29) is 23.7 Å². The molecule has 0 amide bonds. The highest BCUT2D eigenvalue weighted by Gasteiger charge is 2.10. The van der Waals surface area contributed by atoms with Gasteiger partial charge in [0.05, 0.1) is 5.56 Å². The van der Waals surface area contributed by atoms with Crippen LogP contribution in [0.4, 0.5) is 0 Å². The van der Waals surface area contributed by atoms with Crippen molar-refractivity contribution in [2.45, 2.75) is 39.0 Å². The molecule has 19 heavy (non-hydrogen) atoms. The molecule has 0 aromatic heterocycles. The molecule has 0 aliphatic heterocycles. The number of para-hydroxylation sites is 1. The fourth-order valence-corrected chi connectivity index (χ4v) is 1.77. The van der Waals surface area contributed by atoms with E-state index in [1.54, 1.807) is 18.2 Å². The number of hydrogen-bond donors (Lipinski definition) is 1. The molecule has 0 bridgehead atoms. The van der Waals surface area contributed by atoms with E-state index in [1.165, 1.54) is 13.0 Å². The normalized spacial score (nSPS) is 10.2. The van der Waals surface area contributed by atoms with Gasteiger partial charge in [-0.1, -0.05) is 18.6 Å². The number of carbonyl (C=O) groups excluding carboxylic acids is 3. The summed E-state index contributed by atoms with van der Waals surface area (Å²) in [6.07, 6.45) is 2.58. The zero-order valence-corrected chi connectivity index (χ0v) is 11.0. The predicted molar refractivity (Wildman–Crippen MR) is 71.2 cm³/mol. The quantitative estimate of drug-likeness (QED) is 0.444. The van der Waals surface area contributed by atoms with E-state index in [9.17, 15) is 19.5 Å². The highest BCUT2D eigenvalue weighted by atomic mass is 16.3. The Labute approximate surface area is 112 Å². The fourth-order valence-electron chi connectivity index (χ4n) is 1.77. The SMILES string of the molecule is CC(=O)C(=O)CCCCCC(=O)c1ccccc1O. The molecule has 0 saturated carbocycles. The molecule has 0 spiro atoms. The number of carbonyl (C=O) groups is 3. The van der Waals surface area contributed by atoms with Gasteiger partial charge < -0.3 is 5.11 Å². The molecule has 0 saturated heterocycles. The molecule has 1 aromatic rings. The highest BCUT2D eigenvalue weighted by molar-refractivity contribution is 6.36. The van der Waals surface area contributed by atoms with Crippen molar-refractivity contribution in [3.8, 4) is 5.75 Å². The van der Waals surface area contributed by atoms with Gasteiger partial charge in [-0.05, 0) is 25.0 Å². The number of aromatic hydroxyl groups is 1. The number of Topliss-reactive ketones (excluding diaryl/α,β-unsaturated/α-hetero) is 3. The smallest absolute Gasteiger partial charge is 0.198 e. The maximum atomic E-state index is 11.8. The summed E-state index contributed by atoms with van der Waals surface area (Å²) < 4.78 is 0. The highest BCUT2D eigenvalue weighted by Crippen LogP contribution is 2.18. The van der Waals surface area contributed by atoms with Crippen LogP contribution in [0.25, 0.3) is 0 Å². The lowest BCUT2D eigenvalue weighted by Crippen LogP contribution is -2.08. The number of rotatable bonds is 8. The number of hydrogen-bond acceptors (Lipinski definition) is 4. The Bertz CT molecular complexity index is 477. The Morgan fingerprint density at radius 2 is 1.63 bits per heavy atom. The summed E-state index contributed by atoms with van der Waals surface area (Å²) in [6, 6.07) is 6.45. The van der Waals surface area contributed by atoms with Gasteiger partial charge in [-0.15, -0.1) is 0 Å². The molecule has 102 valence electrons. The molecule has 0 radical (unpaired) electrons. The summed E-state index contributed by atoms with van der Waals surface area (Å²) in [5.41, 5.74) is 0.335. The third-order valence-electron chi connectivity index (χ3n) is 2.90. The molecule has 4 heteroatoms. The third kappa shape index (κ3) is 5.04. The van der Waals surface area contributed by atoms with Crippen LogP contribution in [0.2, 0.25) is 0 Å². The van der Waals surface area contributed by atoms with Crippen molar-refractivity contribution >= 4 is 17.3 Å². The first-order valence-electron chi connectivity index (χ1n) is 6.37. The van der Waals surface area contributed by atoms with Gasteiger partial charge in [-0.3, -0.25) is 14.4 Å². The van der Waals surface area contributed by atoms with Crippen LogP contribution in [-0.4, -0.2) is 22.5 Å². The Balaban J connectivity index is 2.27. The monoisotopic (exact) mass is 262 g/mol. The molecule has 0 fully saturated rings. The van der Waals surface area contributed by atoms with Gasteiger partial charge in [0, 0.05) is 19.8 Å². The number of phenolic OH excluding ortho intramolecular Hbond substituents is 1. The van der Waals surface area contributed by atoms with Gasteiger partial charge in [-0.2, -0.15) is 0 Å². The summed E-state index contributed by atoms with van der Waals surface area (Å²) in [4.78, 5) is 33.6. The van der Waals surface area contributed by atoms with Crippen LogP contribution in [0.3, 0.4) is 0 Å². The van der Waals surface area contributed by atoms with Crippen molar-refractivity contribution < 1.29 is 19.5 Å². The molecule has 1 aromatic carbocycles. The summed E-state index contributed by atoms with van der Waals surface area (Å²) in [5.74, 6) is -0.868. The summed E-state index contributed by atoms with van der Waals surface area (Å²) in [7, 11) is 0. The molecular weight excluding hydrogens is 244 g/mol. The van der Waals surface area contributed by atoms with E-state index in [0.29, 0.717) is 24.8 Å². The topological polar surface area (TPSA) is 71.4 Å². The Morgan fingerprint density at radius 3 is 2.26 bits per heavy atom. The van der Waals surface area contributed by atoms with Crippen molar-refractivity contribution in [3.05, 3.63) is 29.8 Å². The summed E-state index contributed by atoms with van der Waals surface area (Å²) >= 11 is 0. The third-order valence-corrected chi connectivity index (χ3v) is 2.90. The van der Waals surface area contributed by atoms with E-state index in [1.807, 2.05) is 0 Å². The minimum atomic E-state index is -0.412. The van der Waals surface area contributed by atoms with E-state index < -0.39 is 5.78 Å². The van der Waals surface area contributed by atoms with E-state index >= 15 is 0 Å². The van der Waals surface area contributed by atoms with Gasteiger partial charge in [0.1, 0.15) is 5.75 Å². The van der Waals surface area contributed by atoms with Crippen LogP contribution in [0.15, 0.2) is 24.3 Å². The fraction of sp³-hybridized carbons (Fsp3) is 0.400. The van der Waals surface area contributed by atoms with Crippen LogP contribution in [0, 0.1) is 0 Å². The Hall–Kier alpha value is -1.97. The average molecular weight is 262 g/mol. The molecule has 1 rings (SSSR count). The maximum absolute atomic E-state index is 11.8. The van der Waals surface area contributed by atoms with Gasteiger partial charge in [-0.25, -0.2) is 0 Å². The lowest BCUT2D eigenvalue weighted by Gasteiger charge is -2.03. The first-order valence-corrected chi connectivity index (χ1v) is 6.37. The molecule has 0 unspecified atom stereocenters. The van der Waals surface area contributed by atoms with Crippen LogP contribution < -0.4 is 0 Å². The lowest BCUT2D eigenvalue weighted by atomic mass is 10.0. The Morgan fingerprint density at radius 1 is 1.00 bits per heavy atom. The number of benzene rings is 1. The van der Waals surface area contributed by atoms with Crippen molar-refractivity contribution in [3.63, 3.8) is 0 Å². The van der Waals surface area contributed by atoms with Gasteiger partial charge >= 0.3 is 0 Å². The second-order valence-corrected chi connectivity index (χ2v) is 4.48. The number of unbranched alkanes of at least 4 members (excludes halogenated alkanes) is 2. The van der Waals surface area contributed by atoms with E-state index in [2.05, 4.69) is 0 Å². The first kappa shape index (κ1) is 15.1. The minimum absolute atomic E-state index is 0.000688. The van der Waals surface area contributed by atoms with E-state index in [0.717, 1.165) is 6.42 Å². The molecule has 0 aliphatic rings. The zero-order valence-electron chi connectivity index (χ0n) is 11.0. The molecular formula is C15H18O4. The van der Waals surface area contributed by atoms with E-state index in [4.69, 9.17) is 0 Å². The standard InChI is InChI=1S/C15H18O4/c1-11(16)13(17)8-3-2-4-9-14(18)12-7-5-6-10-15(12)19/h5-7,10,19H,2-4,8-9H2,1H3. The lowest BCUT2D eigenvalue weighted by molar-refractivity contribution is -0.135. The first-order chi connectivity index (χ1) is 9.02. The van der Waals surface area contributed by atoms with Crippen LogP contribution >= 0.6 is 0 Å². The molecule has 0 aliphatic carbocycles. The molecule has 0 heterocycles. The molecule has 1 N–H and O–H groups in total. The largest absolute Gasteiger partial charge is 0.507 e. The number of phenols is 1. The maximum Gasteiger partial charge on any atom is 0.198 e. The van der Waals surface area contributed by atoms with Gasteiger partial charge in [0.25, 0.3) is 0 Å². The Kier molecular flexibility index (Phi) is 5.93. The van der Waals surface area contributed by atoms with Crippen LogP contribution in [0.5, 0.6) is 5.75 Å². The second kappa shape index (κ2) is 7.46. The number of ketones is 3. The van der Waals surface area contributed by atoms with Gasteiger partial charge in [0.15, 0.2) is 17.3 Å². The van der Waals surface area contributed by atoms with Crippen molar-refractivity contribution in [2.75, 3.05) is 0 Å². The molecule has 0 atom stereocenters.